The van der Waals surface area contributed by atoms with E-state index in [1.165, 1.54) is 0 Å². The molecule has 0 saturated heterocycles. The van der Waals surface area contributed by atoms with Crippen LogP contribution in [-0.4, -0.2) is 25.3 Å². The lowest BCUT2D eigenvalue weighted by molar-refractivity contribution is -0.117. The lowest BCUT2D eigenvalue weighted by Gasteiger charge is -2.36. The standard InChI is InChI=1S/C23H21BrO5/c1-3-10-28-23-14(24)11-13(12-19(23)27-2)20-21-15(25)6-4-8-17(21)29-18-9-5-7-16(26)22(18)20/h1,11-12,20H,4-10H2,2H3. The van der Waals surface area contributed by atoms with Crippen molar-refractivity contribution in [1.29, 1.82) is 0 Å². The normalized spacial score (nSPS) is 19.3. The second kappa shape index (κ2) is 8.08. The van der Waals surface area contributed by atoms with Crippen LogP contribution in [0.5, 0.6) is 11.5 Å². The van der Waals surface area contributed by atoms with Crippen molar-refractivity contribution in [3.8, 4) is 23.8 Å². The van der Waals surface area contributed by atoms with Crippen LogP contribution in [0, 0.1) is 12.3 Å². The van der Waals surface area contributed by atoms with Crippen LogP contribution in [0.25, 0.3) is 0 Å². The van der Waals surface area contributed by atoms with E-state index in [0.29, 0.717) is 64.3 Å². The third-order valence-electron chi connectivity index (χ3n) is 5.53. The monoisotopic (exact) mass is 456 g/mol. The van der Waals surface area contributed by atoms with Crippen LogP contribution in [0.15, 0.2) is 39.3 Å². The first-order chi connectivity index (χ1) is 14.0. The molecule has 0 aromatic heterocycles. The predicted molar refractivity (Wildman–Crippen MR) is 111 cm³/mol. The van der Waals surface area contributed by atoms with Gasteiger partial charge in [0.2, 0.25) is 0 Å². The van der Waals surface area contributed by atoms with Crippen LogP contribution in [-0.2, 0) is 14.3 Å². The zero-order valence-corrected chi connectivity index (χ0v) is 17.8. The maximum Gasteiger partial charge on any atom is 0.176 e. The van der Waals surface area contributed by atoms with Gasteiger partial charge in [0.1, 0.15) is 18.1 Å². The average Bonchev–Trinajstić information content (AvgIpc) is 2.71. The highest BCUT2D eigenvalue weighted by molar-refractivity contribution is 9.10. The van der Waals surface area contributed by atoms with E-state index >= 15 is 0 Å². The SMILES string of the molecule is C#CCOc1c(Br)cc(C2C3=C(CCCC3=O)OC3=C2C(=O)CCC3)cc1OC. The number of hydrogen-bond acceptors (Lipinski definition) is 5. The van der Waals surface area contributed by atoms with Gasteiger partial charge in [-0.15, -0.1) is 6.42 Å². The lowest BCUT2D eigenvalue weighted by atomic mass is 9.73. The minimum atomic E-state index is -0.443. The van der Waals surface area contributed by atoms with Crippen LogP contribution in [0.1, 0.15) is 50.0 Å². The highest BCUT2D eigenvalue weighted by atomic mass is 79.9. The Bertz CT molecular complexity index is 953. The fourth-order valence-corrected chi connectivity index (χ4v) is 4.89. The third kappa shape index (κ3) is 3.49. The molecule has 0 amide bonds. The molecule has 4 rings (SSSR count). The molecule has 0 fully saturated rings. The van der Waals surface area contributed by atoms with Gasteiger partial charge in [0.15, 0.2) is 23.1 Å². The minimum Gasteiger partial charge on any atom is -0.493 e. The van der Waals surface area contributed by atoms with Gasteiger partial charge in [-0.1, -0.05) is 5.92 Å². The average molecular weight is 457 g/mol. The molecule has 1 aliphatic heterocycles. The number of carbonyl (C=O) groups excluding carboxylic acids is 2. The number of terminal acetylenes is 1. The van der Waals surface area contributed by atoms with Crippen molar-refractivity contribution in [2.75, 3.05) is 13.7 Å². The summed E-state index contributed by atoms with van der Waals surface area (Å²) in [6, 6.07) is 3.70. The van der Waals surface area contributed by atoms with Crippen molar-refractivity contribution in [1.82, 2.24) is 0 Å². The Hall–Kier alpha value is -2.52. The minimum absolute atomic E-state index is 0.0453. The number of carbonyl (C=O) groups is 2. The van der Waals surface area contributed by atoms with Crippen molar-refractivity contribution in [2.24, 2.45) is 0 Å². The molecule has 6 heteroatoms. The van der Waals surface area contributed by atoms with Gasteiger partial charge >= 0.3 is 0 Å². The van der Waals surface area contributed by atoms with Gasteiger partial charge in [-0.3, -0.25) is 9.59 Å². The molecule has 2 aliphatic carbocycles. The van der Waals surface area contributed by atoms with Crippen molar-refractivity contribution in [3.05, 3.63) is 44.8 Å². The van der Waals surface area contributed by atoms with Gasteiger partial charge in [-0.05, 0) is 46.5 Å². The Morgan fingerprint density at radius 2 is 1.72 bits per heavy atom. The van der Waals surface area contributed by atoms with E-state index in [4.69, 9.17) is 20.6 Å². The second-order valence-electron chi connectivity index (χ2n) is 7.29. The predicted octanol–water partition coefficient (Wildman–Crippen LogP) is 4.60. The number of rotatable bonds is 4. The lowest BCUT2D eigenvalue weighted by Crippen LogP contribution is -2.30. The summed E-state index contributed by atoms with van der Waals surface area (Å²) in [4.78, 5) is 25.8. The van der Waals surface area contributed by atoms with Crippen LogP contribution in [0.2, 0.25) is 0 Å². The van der Waals surface area contributed by atoms with Gasteiger partial charge < -0.3 is 14.2 Å². The maximum atomic E-state index is 12.9. The Morgan fingerprint density at radius 1 is 1.10 bits per heavy atom. The number of benzene rings is 1. The molecule has 0 radical (unpaired) electrons. The number of ketones is 2. The Kier molecular flexibility index (Phi) is 5.51. The van der Waals surface area contributed by atoms with Gasteiger partial charge in [-0.25, -0.2) is 0 Å². The zero-order valence-electron chi connectivity index (χ0n) is 16.2. The molecule has 0 atom stereocenters. The molecule has 1 aromatic carbocycles. The van der Waals surface area contributed by atoms with Gasteiger partial charge in [0.05, 0.1) is 11.6 Å². The maximum absolute atomic E-state index is 12.9. The number of Topliss-reactive ketones (excluding diaryl/α,β-unsaturated/α-hetero) is 2. The van der Waals surface area contributed by atoms with Crippen molar-refractivity contribution in [3.63, 3.8) is 0 Å². The fraction of sp³-hybridized carbons (Fsp3) is 0.391. The summed E-state index contributed by atoms with van der Waals surface area (Å²) in [5, 5.41) is 0. The van der Waals surface area contributed by atoms with Crippen LogP contribution < -0.4 is 9.47 Å². The van der Waals surface area contributed by atoms with Gasteiger partial charge in [-0.2, -0.15) is 0 Å². The highest BCUT2D eigenvalue weighted by Crippen LogP contribution is 2.50. The number of methoxy groups -OCH3 is 1. The molecule has 0 unspecified atom stereocenters. The van der Waals surface area contributed by atoms with Crippen molar-refractivity contribution in [2.45, 2.75) is 44.4 Å². The van der Waals surface area contributed by atoms with E-state index in [2.05, 4.69) is 21.9 Å². The first-order valence-corrected chi connectivity index (χ1v) is 10.5. The van der Waals surface area contributed by atoms with Crippen molar-refractivity contribution < 1.29 is 23.8 Å². The van der Waals surface area contributed by atoms with Gasteiger partial charge in [0, 0.05) is 42.7 Å². The number of allylic oxidation sites excluding steroid dienone is 4. The molecule has 5 nitrogen and oxygen atoms in total. The molecule has 1 heterocycles. The van der Waals surface area contributed by atoms with E-state index in [9.17, 15) is 9.59 Å². The van der Waals surface area contributed by atoms with Crippen LogP contribution in [0.3, 0.4) is 0 Å². The third-order valence-corrected chi connectivity index (χ3v) is 6.11. The van der Waals surface area contributed by atoms with Gasteiger partial charge in [0.25, 0.3) is 0 Å². The Balaban J connectivity index is 1.88. The summed E-state index contributed by atoms with van der Waals surface area (Å²) in [7, 11) is 1.55. The summed E-state index contributed by atoms with van der Waals surface area (Å²) in [5.41, 5.74) is 2.02. The topological polar surface area (TPSA) is 61.8 Å². The van der Waals surface area contributed by atoms with E-state index in [-0.39, 0.29) is 18.2 Å². The van der Waals surface area contributed by atoms with Crippen LogP contribution >= 0.6 is 15.9 Å². The molecule has 0 bridgehead atoms. The quantitative estimate of drug-likeness (QED) is 0.619. The number of halogens is 1. The summed E-state index contributed by atoms with van der Waals surface area (Å²) in [5.74, 6) is 4.50. The Morgan fingerprint density at radius 3 is 2.28 bits per heavy atom. The fourth-order valence-electron chi connectivity index (χ4n) is 4.31. The summed E-state index contributed by atoms with van der Waals surface area (Å²) < 4.78 is 17.9. The highest BCUT2D eigenvalue weighted by Gasteiger charge is 2.42. The Labute approximate surface area is 178 Å². The first kappa shape index (κ1) is 19.8. The first-order valence-electron chi connectivity index (χ1n) is 9.69. The molecular weight excluding hydrogens is 436 g/mol. The van der Waals surface area contributed by atoms with E-state index in [1.54, 1.807) is 7.11 Å². The molecule has 150 valence electrons. The van der Waals surface area contributed by atoms with E-state index < -0.39 is 5.92 Å². The summed E-state index contributed by atoms with van der Waals surface area (Å²) in [6.45, 7) is 0.104. The van der Waals surface area contributed by atoms with E-state index in [1.807, 2.05) is 12.1 Å². The summed E-state index contributed by atoms with van der Waals surface area (Å²) in [6.07, 6.45) is 9.21. The second-order valence-corrected chi connectivity index (χ2v) is 8.14. The van der Waals surface area contributed by atoms with E-state index in [0.717, 1.165) is 18.4 Å². The number of ether oxygens (including phenoxy) is 3. The molecule has 1 aromatic rings. The molecule has 0 saturated carbocycles. The molecule has 0 spiro atoms. The molecule has 0 N–H and O–H groups in total. The smallest absolute Gasteiger partial charge is 0.176 e. The molecule has 29 heavy (non-hydrogen) atoms. The van der Waals surface area contributed by atoms with Crippen LogP contribution in [0.4, 0.5) is 0 Å². The largest absolute Gasteiger partial charge is 0.493 e. The molecular formula is C23H21BrO5. The zero-order chi connectivity index (χ0) is 20.5. The number of hydrogen-bond donors (Lipinski definition) is 0. The summed E-state index contributed by atoms with van der Waals surface area (Å²) >= 11 is 3.54. The molecule has 3 aliphatic rings. The van der Waals surface area contributed by atoms with Crippen molar-refractivity contribution >= 4 is 27.5 Å².